The van der Waals surface area contributed by atoms with Gasteiger partial charge in [-0.3, -0.25) is 0 Å². The van der Waals surface area contributed by atoms with E-state index in [2.05, 4.69) is 218 Å². The van der Waals surface area contributed by atoms with Crippen molar-refractivity contribution in [3.05, 3.63) is 247 Å². The van der Waals surface area contributed by atoms with Crippen LogP contribution in [0.25, 0.3) is 100 Å². The number of furan rings is 1. The molecule has 13 rings (SSSR count). The zero-order chi connectivity index (χ0) is 40.8. The molecule has 0 saturated carbocycles. The van der Waals surface area contributed by atoms with Gasteiger partial charge in [0, 0.05) is 27.5 Å². The normalized spacial score (nSPS) is 13.0. The predicted octanol–water partition coefficient (Wildman–Crippen LogP) is 15.7. The Kier molecular flexibility index (Phi) is 7.55. The summed E-state index contributed by atoms with van der Waals surface area (Å²) in [7, 11) is 0. The van der Waals surface area contributed by atoms with Crippen LogP contribution >= 0.6 is 0 Å². The summed E-state index contributed by atoms with van der Waals surface area (Å²) in [4.78, 5) is 5.27. The van der Waals surface area contributed by atoms with E-state index in [1.165, 1.54) is 44.5 Å². The molecule has 2 nitrogen and oxygen atoms in total. The average molecular weight is 788 g/mol. The zero-order valence-corrected chi connectivity index (χ0v) is 33.7. The highest BCUT2D eigenvalue weighted by molar-refractivity contribution is 6.11. The number of fused-ring (bicyclic) bond motifs is 13. The van der Waals surface area contributed by atoms with Gasteiger partial charge in [0.2, 0.25) is 0 Å². The Bertz CT molecular complexity index is 3460. The minimum Gasteiger partial charge on any atom is -0.455 e. The van der Waals surface area contributed by atoms with Crippen molar-refractivity contribution < 1.29 is 4.42 Å². The molecule has 288 valence electrons. The molecule has 62 heavy (non-hydrogen) atoms. The second-order valence-electron chi connectivity index (χ2n) is 16.5. The molecule has 0 amide bonds. The van der Waals surface area contributed by atoms with Crippen LogP contribution in [0.2, 0.25) is 0 Å². The van der Waals surface area contributed by atoms with E-state index in [-0.39, 0.29) is 0 Å². The highest BCUT2D eigenvalue weighted by Gasteiger charge is 2.51. The molecule has 0 bridgehead atoms. The van der Waals surface area contributed by atoms with Crippen molar-refractivity contribution in [3.63, 3.8) is 0 Å². The Morgan fingerprint density at radius 2 is 0.790 bits per heavy atom. The molecular formula is C60H37NO. The van der Waals surface area contributed by atoms with Gasteiger partial charge >= 0.3 is 0 Å². The lowest BCUT2D eigenvalue weighted by molar-refractivity contribution is 0.670. The molecule has 0 atom stereocenters. The molecule has 1 spiro atoms. The number of hydrogen-bond donors (Lipinski definition) is 0. The van der Waals surface area contributed by atoms with E-state index in [0.717, 1.165) is 77.8 Å². The van der Waals surface area contributed by atoms with Crippen LogP contribution in [0.5, 0.6) is 0 Å². The quantitative estimate of drug-likeness (QED) is 0.174. The predicted molar refractivity (Wildman–Crippen MR) is 255 cm³/mol. The van der Waals surface area contributed by atoms with Crippen LogP contribution in [-0.4, -0.2) is 4.98 Å². The maximum absolute atomic E-state index is 6.77. The van der Waals surface area contributed by atoms with Crippen molar-refractivity contribution in [2.24, 2.45) is 0 Å². The first-order valence-electron chi connectivity index (χ1n) is 21.4. The summed E-state index contributed by atoms with van der Waals surface area (Å²) in [5, 5.41) is 2.24. The highest BCUT2D eigenvalue weighted by atomic mass is 16.3. The van der Waals surface area contributed by atoms with Crippen LogP contribution in [0.15, 0.2) is 229 Å². The fourth-order valence-corrected chi connectivity index (χ4v) is 10.6. The van der Waals surface area contributed by atoms with Crippen molar-refractivity contribution in [2.45, 2.75) is 5.41 Å². The number of hydrogen-bond acceptors (Lipinski definition) is 2. The zero-order valence-electron chi connectivity index (χ0n) is 33.7. The molecule has 2 heteroatoms. The molecule has 2 aliphatic rings. The molecule has 0 fully saturated rings. The topological polar surface area (TPSA) is 26.0 Å². The lowest BCUT2D eigenvalue weighted by Crippen LogP contribution is -2.25. The Hall–Kier alpha value is -8.07. The molecule has 0 aliphatic heterocycles. The molecule has 11 aromatic rings. The first-order valence-corrected chi connectivity index (χ1v) is 21.4. The van der Waals surface area contributed by atoms with Crippen molar-refractivity contribution in [1.29, 1.82) is 0 Å². The van der Waals surface area contributed by atoms with Gasteiger partial charge in [-0.15, -0.1) is 0 Å². The van der Waals surface area contributed by atoms with Crippen molar-refractivity contribution >= 4 is 21.9 Å². The van der Waals surface area contributed by atoms with Gasteiger partial charge in [0.25, 0.3) is 0 Å². The Morgan fingerprint density at radius 1 is 0.290 bits per heavy atom. The third kappa shape index (κ3) is 5.01. The highest BCUT2D eigenvalue weighted by Crippen LogP contribution is 2.64. The summed E-state index contributed by atoms with van der Waals surface area (Å²) in [6, 6.07) is 81.5. The lowest BCUT2D eigenvalue weighted by atomic mass is 9.70. The average Bonchev–Trinajstić information content (AvgIpc) is 3.98. The van der Waals surface area contributed by atoms with Crippen molar-refractivity contribution in [1.82, 2.24) is 4.98 Å². The van der Waals surface area contributed by atoms with Crippen LogP contribution in [0.4, 0.5) is 0 Å². The van der Waals surface area contributed by atoms with Crippen LogP contribution in [-0.2, 0) is 5.41 Å². The fraction of sp³-hybridized carbons (Fsp3) is 0.0167. The minimum atomic E-state index is -0.465. The summed E-state index contributed by atoms with van der Waals surface area (Å²) in [6.07, 6.45) is 0. The molecule has 2 aromatic heterocycles. The fourth-order valence-electron chi connectivity index (χ4n) is 10.6. The molecule has 9 aromatic carbocycles. The third-order valence-electron chi connectivity index (χ3n) is 13.3. The first-order chi connectivity index (χ1) is 30.7. The second-order valence-corrected chi connectivity index (χ2v) is 16.5. The number of para-hydroxylation sites is 2. The van der Waals surface area contributed by atoms with Crippen LogP contribution in [0.3, 0.4) is 0 Å². The molecule has 2 aliphatic carbocycles. The molecule has 0 unspecified atom stereocenters. The molecule has 2 heterocycles. The Morgan fingerprint density at radius 3 is 1.45 bits per heavy atom. The van der Waals surface area contributed by atoms with Gasteiger partial charge in [0.15, 0.2) is 0 Å². The molecule has 0 saturated heterocycles. The molecule has 0 N–H and O–H groups in total. The molecule has 0 radical (unpaired) electrons. The first kappa shape index (κ1) is 34.8. The van der Waals surface area contributed by atoms with Gasteiger partial charge in [0.05, 0.1) is 16.8 Å². The number of aromatic nitrogens is 1. The van der Waals surface area contributed by atoms with E-state index >= 15 is 0 Å². The largest absolute Gasteiger partial charge is 0.455 e. The maximum Gasteiger partial charge on any atom is 0.143 e. The SMILES string of the molecule is c1ccc(-c2cc(-c3ccccc3)nc(-c3ccc(-c4cc5c(cc4-c4cccc6c4oc4ccccc46)-c4ccccc4C54c5ccccc5-c5ccccc54)cc3)c2)cc1. The third-order valence-corrected chi connectivity index (χ3v) is 13.3. The van der Waals surface area contributed by atoms with Gasteiger partial charge in [-0.05, 0) is 103 Å². The van der Waals surface area contributed by atoms with E-state index in [9.17, 15) is 0 Å². The van der Waals surface area contributed by atoms with E-state index < -0.39 is 5.41 Å². The monoisotopic (exact) mass is 787 g/mol. The van der Waals surface area contributed by atoms with E-state index in [1.807, 2.05) is 6.07 Å². The van der Waals surface area contributed by atoms with E-state index in [1.54, 1.807) is 0 Å². The summed E-state index contributed by atoms with van der Waals surface area (Å²) >= 11 is 0. The smallest absolute Gasteiger partial charge is 0.143 e. The van der Waals surface area contributed by atoms with Gasteiger partial charge in [-0.2, -0.15) is 0 Å². The number of pyridine rings is 1. The summed E-state index contributed by atoms with van der Waals surface area (Å²) < 4.78 is 6.77. The van der Waals surface area contributed by atoms with Gasteiger partial charge in [-0.25, -0.2) is 4.98 Å². The Labute approximate surface area is 360 Å². The lowest BCUT2D eigenvalue weighted by Gasteiger charge is -2.31. The summed E-state index contributed by atoms with van der Waals surface area (Å²) in [6.45, 7) is 0. The van der Waals surface area contributed by atoms with Crippen LogP contribution in [0, 0.1) is 0 Å². The van der Waals surface area contributed by atoms with Gasteiger partial charge < -0.3 is 4.42 Å². The van der Waals surface area contributed by atoms with E-state index in [0.29, 0.717) is 0 Å². The van der Waals surface area contributed by atoms with Gasteiger partial charge in [0.1, 0.15) is 11.2 Å². The minimum absolute atomic E-state index is 0.465. The Balaban J connectivity index is 1.06. The van der Waals surface area contributed by atoms with Crippen LogP contribution < -0.4 is 0 Å². The number of rotatable bonds is 5. The maximum atomic E-state index is 6.77. The summed E-state index contributed by atoms with van der Waals surface area (Å²) in [5.74, 6) is 0. The molecular weight excluding hydrogens is 751 g/mol. The standard InChI is InChI=1S/C60H37NO/c1-3-16-38(17-4-1)42-34-56(40-18-5-2-6-19-40)61-57(35-42)41-32-30-39(31-33-41)49-37-55-51(36-50(49)48-25-15-24-47-46-23-10-14-29-58(46)62-59(47)48)45-22-9-13-28-54(45)60(55)52-26-11-7-20-43(52)44-21-8-12-27-53(44)60/h1-37H. The van der Waals surface area contributed by atoms with Crippen molar-refractivity contribution in [3.8, 4) is 78.1 Å². The van der Waals surface area contributed by atoms with Gasteiger partial charge in [-0.1, -0.05) is 194 Å². The van der Waals surface area contributed by atoms with E-state index in [4.69, 9.17) is 9.40 Å². The second kappa shape index (κ2) is 13.5. The summed E-state index contributed by atoms with van der Waals surface area (Å²) in [5.41, 5.74) is 22.6. The van der Waals surface area contributed by atoms with Crippen LogP contribution in [0.1, 0.15) is 22.3 Å². The number of nitrogens with zero attached hydrogens (tertiary/aromatic N) is 1. The number of benzene rings is 9. The van der Waals surface area contributed by atoms with Crippen molar-refractivity contribution in [2.75, 3.05) is 0 Å².